The van der Waals surface area contributed by atoms with Gasteiger partial charge in [-0.25, -0.2) is 9.59 Å². The lowest BCUT2D eigenvalue weighted by atomic mass is 9.65. The van der Waals surface area contributed by atoms with E-state index in [0.29, 0.717) is 33.8 Å². The van der Waals surface area contributed by atoms with Crippen molar-refractivity contribution in [2.24, 2.45) is 0 Å². The molecule has 0 saturated carbocycles. The summed E-state index contributed by atoms with van der Waals surface area (Å²) in [7, 11) is 0. The van der Waals surface area contributed by atoms with Crippen LogP contribution in [0, 0.1) is 13.8 Å². The average Bonchev–Trinajstić information content (AvgIpc) is 3.48. The molecule has 0 amide bonds. The fourth-order valence-corrected chi connectivity index (χ4v) is 7.44. The molecule has 0 saturated heterocycles. The lowest BCUT2D eigenvalue weighted by molar-refractivity contribution is -0.130. The van der Waals surface area contributed by atoms with Gasteiger partial charge in [-0.3, -0.25) is 0 Å². The van der Waals surface area contributed by atoms with Gasteiger partial charge in [-0.15, -0.1) is 0 Å². The molecule has 0 aromatic heterocycles. The van der Waals surface area contributed by atoms with Gasteiger partial charge in [-0.05, 0) is 77.6 Å². The third-order valence-corrected chi connectivity index (χ3v) is 9.27. The molecule has 0 unspecified atom stereocenters. The quantitative estimate of drug-likeness (QED) is 0.0489. The maximum atomic E-state index is 13.6. The van der Waals surface area contributed by atoms with Crippen molar-refractivity contribution >= 4 is 11.9 Å². The zero-order valence-corrected chi connectivity index (χ0v) is 33.0. The van der Waals surface area contributed by atoms with E-state index >= 15 is 0 Å². The summed E-state index contributed by atoms with van der Waals surface area (Å²) in [4.78, 5) is 27.1. The van der Waals surface area contributed by atoms with Crippen molar-refractivity contribution in [1.82, 2.24) is 0 Å². The van der Waals surface area contributed by atoms with Crippen LogP contribution < -0.4 is 37.9 Å². The van der Waals surface area contributed by atoms with Crippen LogP contribution >= 0.6 is 0 Å². The van der Waals surface area contributed by atoms with Crippen molar-refractivity contribution in [3.05, 3.63) is 107 Å². The van der Waals surface area contributed by atoms with Gasteiger partial charge in [0.1, 0.15) is 0 Å². The van der Waals surface area contributed by atoms with E-state index in [1.54, 1.807) is 0 Å². The third kappa shape index (κ3) is 6.86. The number of benzene rings is 4. The van der Waals surface area contributed by atoms with Crippen LogP contribution in [0.25, 0.3) is 11.1 Å². The molecule has 4 aromatic rings. The van der Waals surface area contributed by atoms with E-state index < -0.39 is 17.4 Å². The first-order valence-electron chi connectivity index (χ1n) is 18.7. The summed E-state index contributed by atoms with van der Waals surface area (Å²) < 4.78 is 51.7. The Morgan fingerprint density at radius 3 is 1.09 bits per heavy atom. The summed E-state index contributed by atoms with van der Waals surface area (Å²) in [6, 6.07) is 15.8. The molecule has 10 nitrogen and oxygen atoms in total. The Balaban J connectivity index is 2.29. The molecule has 55 heavy (non-hydrogen) atoms. The van der Waals surface area contributed by atoms with Crippen LogP contribution in [0.5, 0.6) is 46.0 Å². The van der Waals surface area contributed by atoms with Crippen molar-refractivity contribution in [3.8, 4) is 57.1 Å². The van der Waals surface area contributed by atoms with E-state index in [4.69, 9.17) is 37.9 Å². The number of fused-ring (bicyclic) bond motifs is 3. The van der Waals surface area contributed by atoms with Gasteiger partial charge in [0.15, 0.2) is 46.0 Å². The number of carbonyl (C=O) groups excluding carboxylic acids is 2. The minimum Gasteiger partial charge on any atom is -0.490 e. The first-order chi connectivity index (χ1) is 26.7. The predicted octanol–water partition coefficient (Wildman–Crippen LogP) is 9.24. The number of rotatable bonds is 18. The Morgan fingerprint density at radius 1 is 0.491 bits per heavy atom. The summed E-state index contributed by atoms with van der Waals surface area (Å²) in [5.74, 6) is 0.480. The van der Waals surface area contributed by atoms with Crippen molar-refractivity contribution < 1.29 is 47.5 Å². The average molecular weight is 751 g/mol. The van der Waals surface area contributed by atoms with Gasteiger partial charge in [0.25, 0.3) is 0 Å². The van der Waals surface area contributed by atoms with E-state index in [1.165, 1.54) is 0 Å². The molecule has 5 rings (SSSR count). The summed E-state index contributed by atoms with van der Waals surface area (Å²) in [6.45, 7) is 23.6. The monoisotopic (exact) mass is 750 g/mol. The molecule has 4 aromatic carbocycles. The Hall–Kier alpha value is -5.90. The highest BCUT2D eigenvalue weighted by Crippen LogP contribution is 2.68. The van der Waals surface area contributed by atoms with E-state index in [0.717, 1.165) is 34.4 Å². The topological polar surface area (TPSA) is 108 Å². The van der Waals surface area contributed by atoms with Gasteiger partial charge in [0.2, 0.25) is 0 Å². The van der Waals surface area contributed by atoms with Crippen molar-refractivity contribution in [1.29, 1.82) is 0 Å². The van der Waals surface area contributed by atoms with Crippen LogP contribution in [-0.4, -0.2) is 51.6 Å². The zero-order chi connectivity index (χ0) is 39.9. The Kier molecular flexibility index (Phi) is 12.8. The third-order valence-electron chi connectivity index (χ3n) is 9.27. The lowest BCUT2D eigenvalue weighted by Gasteiger charge is -2.39. The van der Waals surface area contributed by atoms with Gasteiger partial charge >= 0.3 is 11.9 Å². The SMILES string of the molecule is C=CC(=O)Oc1c(OCC)c(C)c(OCC)c(OCC)c1C1(c2c(OCC)c(OCC)c(C)c(OCC)c2OC(=O)C=C)c2ccccc2-c2ccccc21. The lowest BCUT2D eigenvalue weighted by Crippen LogP contribution is -2.33. The Labute approximate surface area is 323 Å². The van der Waals surface area contributed by atoms with E-state index in [1.807, 2.05) is 104 Å². The molecule has 0 radical (unpaired) electrons. The summed E-state index contributed by atoms with van der Waals surface area (Å²) >= 11 is 0. The molecular formula is C45H50O10. The molecule has 10 heteroatoms. The maximum Gasteiger partial charge on any atom is 0.335 e. The second-order valence-electron chi connectivity index (χ2n) is 12.3. The van der Waals surface area contributed by atoms with Crippen LogP contribution in [0.2, 0.25) is 0 Å². The largest absolute Gasteiger partial charge is 0.490 e. The van der Waals surface area contributed by atoms with Gasteiger partial charge in [-0.2, -0.15) is 0 Å². The van der Waals surface area contributed by atoms with Crippen LogP contribution in [0.1, 0.15) is 74.9 Å². The van der Waals surface area contributed by atoms with Crippen LogP contribution in [-0.2, 0) is 15.0 Å². The first-order valence-corrected chi connectivity index (χ1v) is 18.7. The second kappa shape index (κ2) is 17.5. The Bertz CT molecular complexity index is 1950. The minimum absolute atomic E-state index is 0.0580. The summed E-state index contributed by atoms with van der Waals surface area (Å²) in [5.41, 5.74) is 3.38. The van der Waals surface area contributed by atoms with Gasteiger partial charge in [-0.1, -0.05) is 61.7 Å². The number of hydrogen-bond donors (Lipinski definition) is 0. The normalized spacial score (nSPS) is 12.1. The second-order valence-corrected chi connectivity index (χ2v) is 12.3. The first kappa shape index (κ1) is 40.3. The number of carbonyl (C=O) groups is 2. The molecule has 0 heterocycles. The molecule has 0 aliphatic heterocycles. The van der Waals surface area contributed by atoms with E-state index in [9.17, 15) is 9.59 Å². The molecular weight excluding hydrogens is 700 g/mol. The zero-order valence-electron chi connectivity index (χ0n) is 33.0. The van der Waals surface area contributed by atoms with Crippen molar-refractivity contribution in [3.63, 3.8) is 0 Å². The Morgan fingerprint density at radius 2 is 0.782 bits per heavy atom. The fraction of sp³-hybridized carbons (Fsp3) is 0.333. The predicted molar refractivity (Wildman–Crippen MR) is 212 cm³/mol. The van der Waals surface area contributed by atoms with Gasteiger partial charge < -0.3 is 37.9 Å². The smallest absolute Gasteiger partial charge is 0.335 e. The molecule has 1 aliphatic carbocycles. The van der Waals surface area contributed by atoms with Crippen molar-refractivity contribution in [2.75, 3.05) is 39.6 Å². The van der Waals surface area contributed by atoms with Gasteiger partial charge in [0.05, 0.1) is 56.2 Å². The number of esters is 2. The maximum absolute atomic E-state index is 13.6. The molecule has 0 N–H and O–H groups in total. The number of hydrogen-bond acceptors (Lipinski definition) is 10. The summed E-state index contributed by atoms with van der Waals surface area (Å²) in [6.07, 6.45) is 2.17. The van der Waals surface area contributed by atoms with Crippen LogP contribution in [0.3, 0.4) is 0 Å². The minimum atomic E-state index is -1.58. The molecule has 0 bridgehead atoms. The highest BCUT2D eigenvalue weighted by molar-refractivity contribution is 5.94. The molecule has 0 fully saturated rings. The van der Waals surface area contributed by atoms with Crippen LogP contribution in [0.15, 0.2) is 73.8 Å². The molecule has 0 spiro atoms. The van der Waals surface area contributed by atoms with Gasteiger partial charge in [0, 0.05) is 23.3 Å². The highest BCUT2D eigenvalue weighted by atomic mass is 16.6. The van der Waals surface area contributed by atoms with E-state index in [2.05, 4.69) is 13.2 Å². The fourth-order valence-electron chi connectivity index (χ4n) is 7.44. The number of ether oxygens (including phenoxy) is 8. The summed E-state index contributed by atoms with van der Waals surface area (Å²) in [5, 5.41) is 0. The standard InChI is InChI=1S/C45H50O10/c1-11-33(46)54-43-35(41(52-17-7)37(48-13-3)27(9)39(43)50-15-5)45(31-25-21-19-23-29(31)30-24-20-22-26-32(30)45)36-42(53-18-8)38(49-14-4)28(10)40(51-16-6)44(36)55-34(47)12-2/h11-12,19-26H,1-2,13-18H2,3-10H3. The van der Waals surface area contributed by atoms with Crippen molar-refractivity contribution in [2.45, 2.75) is 60.8 Å². The molecule has 290 valence electrons. The molecule has 0 atom stereocenters. The van der Waals surface area contributed by atoms with Crippen LogP contribution in [0.4, 0.5) is 0 Å². The van der Waals surface area contributed by atoms with E-state index in [-0.39, 0.29) is 74.1 Å². The molecule has 1 aliphatic rings. The highest BCUT2D eigenvalue weighted by Gasteiger charge is 2.56.